The third kappa shape index (κ3) is 1.78. The molecule has 3 rings (SSSR count). The Kier molecular flexibility index (Phi) is 2.70. The van der Waals surface area contributed by atoms with Gasteiger partial charge in [-0.1, -0.05) is 0 Å². The molecule has 1 N–H and O–H groups in total. The normalized spacial score (nSPS) is 17.5. The Morgan fingerprint density at radius 3 is 2.84 bits per heavy atom. The molecule has 0 aromatic carbocycles. The lowest BCUT2D eigenvalue weighted by molar-refractivity contribution is -0.128. The van der Waals surface area contributed by atoms with E-state index >= 15 is 0 Å². The molecule has 0 saturated carbocycles. The van der Waals surface area contributed by atoms with Crippen LogP contribution in [0.3, 0.4) is 0 Å². The third-order valence-corrected chi connectivity index (χ3v) is 4.34. The van der Waals surface area contributed by atoms with Crippen molar-refractivity contribution >= 4 is 23.7 Å². The van der Waals surface area contributed by atoms with Crippen molar-refractivity contribution in [1.82, 2.24) is 14.5 Å². The van der Waals surface area contributed by atoms with E-state index in [0.29, 0.717) is 24.3 Å². The Morgan fingerprint density at radius 1 is 1.42 bits per heavy atom. The van der Waals surface area contributed by atoms with Gasteiger partial charge in [-0.3, -0.25) is 14.2 Å². The van der Waals surface area contributed by atoms with Crippen LogP contribution in [0.4, 0.5) is 0 Å². The second-order valence-electron chi connectivity index (χ2n) is 5.10. The number of nitrogens with one attached hydrogen (secondary N) is 1. The van der Waals surface area contributed by atoms with E-state index in [9.17, 15) is 9.59 Å². The van der Waals surface area contributed by atoms with Gasteiger partial charge in [-0.25, -0.2) is 0 Å². The highest BCUT2D eigenvalue weighted by Crippen LogP contribution is 2.35. The van der Waals surface area contributed by atoms with E-state index in [1.807, 2.05) is 4.90 Å². The lowest BCUT2D eigenvalue weighted by Gasteiger charge is -2.27. The monoisotopic (exact) mass is 277 g/mol. The average Bonchev–Trinajstić information content (AvgIpc) is 2.72. The standard InChI is InChI=1S/C13H15N3O2S/c1-7(17)16-4-3-9-8(6-16)5-10-11(9)12(18)15(2)13(19)14-10/h3-6H2,1-2H3,(H,14,19). The van der Waals surface area contributed by atoms with Gasteiger partial charge in [-0.2, -0.15) is 0 Å². The maximum Gasteiger partial charge on any atom is 0.261 e. The number of hydrogen-bond acceptors (Lipinski definition) is 3. The van der Waals surface area contributed by atoms with Crippen molar-refractivity contribution in [3.8, 4) is 0 Å². The third-order valence-electron chi connectivity index (χ3n) is 3.96. The average molecular weight is 277 g/mol. The fraction of sp³-hybridized carbons (Fsp3) is 0.462. The van der Waals surface area contributed by atoms with E-state index in [4.69, 9.17) is 12.2 Å². The minimum atomic E-state index is -0.0278. The van der Waals surface area contributed by atoms with Gasteiger partial charge in [0.25, 0.3) is 5.56 Å². The predicted octanol–water partition coefficient (Wildman–Crippen LogP) is 1.00. The quantitative estimate of drug-likeness (QED) is 0.720. The van der Waals surface area contributed by atoms with Crippen molar-refractivity contribution in [2.45, 2.75) is 19.8 Å². The number of carbonyl (C=O) groups excluding carboxylic acids is 1. The first-order valence-electron chi connectivity index (χ1n) is 6.28. The molecule has 6 heteroatoms. The lowest BCUT2D eigenvalue weighted by Crippen LogP contribution is -2.35. The lowest BCUT2D eigenvalue weighted by atomic mass is 10.00. The molecule has 0 radical (unpaired) electrons. The molecule has 0 fully saturated rings. The van der Waals surface area contributed by atoms with Crippen LogP contribution in [-0.4, -0.2) is 33.4 Å². The van der Waals surface area contributed by atoms with Crippen LogP contribution in [0.1, 0.15) is 24.6 Å². The molecule has 0 unspecified atom stereocenters. The summed E-state index contributed by atoms with van der Waals surface area (Å²) >= 11 is 5.14. The highest BCUT2D eigenvalue weighted by Gasteiger charge is 2.30. The molecule has 0 saturated heterocycles. The van der Waals surface area contributed by atoms with Crippen molar-refractivity contribution in [2.24, 2.45) is 7.05 Å². The summed E-state index contributed by atoms with van der Waals surface area (Å²) in [6, 6.07) is 0. The molecule has 1 aromatic rings. The molecular weight excluding hydrogens is 262 g/mol. The zero-order valence-electron chi connectivity index (χ0n) is 10.9. The molecule has 0 spiro atoms. The van der Waals surface area contributed by atoms with Gasteiger partial charge in [0.15, 0.2) is 4.77 Å². The van der Waals surface area contributed by atoms with Gasteiger partial charge in [-0.15, -0.1) is 0 Å². The number of hydrogen-bond donors (Lipinski definition) is 1. The molecule has 2 aliphatic rings. The SMILES string of the molecule is CC(=O)N1CCC2=C(Cc3[nH]c(=S)n(C)c(=O)c32)C1. The van der Waals surface area contributed by atoms with Gasteiger partial charge < -0.3 is 9.88 Å². The van der Waals surface area contributed by atoms with Crippen LogP contribution < -0.4 is 5.56 Å². The minimum absolute atomic E-state index is 0.0278. The van der Waals surface area contributed by atoms with E-state index in [1.54, 1.807) is 14.0 Å². The zero-order valence-corrected chi connectivity index (χ0v) is 11.8. The van der Waals surface area contributed by atoms with Gasteiger partial charge >= 0.3 is 0 Å². The van der Waals surface area contributed by atoms with Gasteiger partial charge in [0.2, 0.25) is 5.91 Å². The molecule has 1 amide bonds. The molecule has 19 heavy (non-hydrogen) atoms. The summed E-state index contributed by atoms with van der Waals surface area (Å²) in [7, 11) is 1.69. The summed E-state index contributed by atoms with van der Waals surface area (Å²) in [5.74, 6) is 0.0864. The second-order valence-corrected chi connectivity index (χ2v) is 5.48. The minimum Gasteiger partial charge on any atom is -0.339 e. The van der Waals surface area contributed by atoms with E-state index in [2.05, 4.69) is 4.98 Å². The first-order chi connectivity index (χ1) is 8.99. The van der Waals surface area contributed by atoms with E-state index in [-0.39, 0.29) is 11.5 Å². The largest absolute Gasteiger partial charge is 0.339 e. The van der Waals surface area contributed by atoms with Crippen molar-refractivity contribution in [1.29, 1.82) is 0 Å². The highest BCUT2D eigenvalue weighted by atomic mass is 32.1. The molecule has 100 valence electrons. The van der Waals surface area contributed by atoms with Crippen LogP contribution >= 0.6 is 12.2 Å². The Hall–Kier alpha value is -1.69. The molecular formula is C13H15N3O2S. The van der Waals surface area contributed by atoms with Gasteiger partial charge in [0.1, 0.15) is 0 Å². The van der Waals surface area contributed by atoms with Crippen LogP contribution in [0.15, 0.2) is 10.4 Å². The van der Waals surface area contributed by atoms with Crippen LogP contribution in [0.2, 0.25) is 0 Å². The number of fused-ring (bicyclic) bond motifs is 2. The number of carbonyl (C=O) groups is 1. The van der Waals surface area contributed by atoms with Crippen molar-refractivity contribution in [3.63, 3.8) is 0 Å². The maximum absolute atomic E-state index is 12.3. The number of aromatic amines is 1. The molecule has 0 atom stereocenters. The molecule has 1 aliphatic heterocycles. The molecule has 5 nitrogen and oxygen atoms in total. The summed E-state index contributed by atoms with van der Waals surface area (Å²) in [5, 5.41) is 0. The topological polar surface area (TPSA) is 58.1 Å². The van der Waals surface area contributed by atoms with E-state index < -0.39 is 0 Å². The number of nitrogens with zero attached hydrogens (tertiary/aromatic N) is 2. The number of H-pyrrole nitrogens is 1. The Labute approximate surface area is 115 Å². The Balaban J connectivity index is 2.10. The van der Waals surface area contributed by atoms with Crippen molar-refractivity contribution < 1.29 is 4.79 Å². The zero-order chi connectivity index (χ0) is 13.7. The van der Waals surface area contributed by atoms with Crippen LogP contribution in [0.25, 0.3) is 5.57 Å². The summed E-state index contributed by atoms with van der Waals surface area (Å²) in [6.45, 7) is 2.90. The van der Waals surface area contributed by atoms with Crippen molar-refractivity contribution in [2.75, 3.05) is 13.1 Å². The Morgan fingerprint density at radius 2 is 2.16 bits per heavy atom. The van der Waals surface area contributed by atoms with E-state index in [1.165, 1.54) is 10.1 Å². The highest BCUT2D eigenvalue weighted by molar-refractivity contribution is 7.71. The van der Waals surface area contributed by atoms with Crippen LogP contribution in [-0.2, 0) is 18.3 Å². The maximum atomic E-state index is 12.3. The molecule has 2 heterocycles. The van der Waals surface area contributed by atoms with Crippen LogP contribution in [0.5, 0.6) is 0 Å². The smallest absolute Gasteiger partial charge is 0.261 e. The molecule has 1 aromatic heterocycles. The first kappa shape index (κ1) is 12.3. The van der Waals surface area contributed by atoms with Crippen molar-refractivity contribution in [3.05, 3.63) is 32.0 Å². The predicted molar refractivity (Wildman–Crippen MR) is 74.4 cm³/mol. The summed E-state index contributed by atoms with van der Waals surface area (Å²) in [5.41, 5.74) is 3.93. The second kappa shape index (κ2) is 4.16. The number of aromatic nitrogens is 2. The fourth-order valence-corrected chi connectivity index (χ4v) is 3.09. The van der Waals surface area contributed by atoms with Gasteiger partial charge in [0.05, 0.1) is 5.56 Å². The Bertz CT molecular complexity index is 726. The summed E-state index contributed by atoms with van der Waals surface area (Å²) in [4.78, 5) is 28.7. The van der Waals surface area contributed by atoms with E-state index in [0.717, 1.165) is 23.3 Å². The number of amides is 1. The van der Waals surface area contributed by atoms with Gasteiger partial charge in [-0.05, 0) is 29.8 Å². The molecule has 0 bridgehead atoms. The number of rotatable bonds is 0. The van der Waals surface area contributed by atoms with Crippen LogP contribution in [0, 0.1) is 4.77 Å². The molecule has 1 aliphatic carbocycles. The van der Waals surface area contributed by atoms with Gasteiger partial charge in [0, 0.05) is 39.2 Å². The first-order valence-corrected chi connectivity index (χ1v) is 6.69. The fourth-order valence-electron chi connectivity index (χ4n) is 2.88. The summed E-state index contributed by atoms with van der Waals surface area (Å²) in [6.07, 6.45) is 1.45. The summed E-state index contributed by atoms with van der Waals surface area (Å²) < 4.78 is 1.92.